The highest BCUT2D eigenvalue weighted by Gasteiger charge is 2.21. The van der Waals surface area contributed by atoms with E-state index < -0.39 is 0 Å². The van der Waals surface area contributed by atoms with Crippen molar-refractivity contribution in [1.29, 1.82) is 5.26 Å². The summed E-state index contributed by atoms with van der Waals surface area (Å²) in [6, 6.07) is 17.3. The molecule has 1 amide bonds. The normalized spacial score (nSPS) is 10.2. The number of carbonyl (C=O) groups excluding carboxylic acids is 1. The van der Waals surface area contributed by atoms with Gasteiger partial charge in [0.1, 0.15) is 21.5 Å². The fourth-order valence-electron chi connectivity index (χ4n) is 2.40. The van der Waals surface area contributed by atoms with Crippen LogP contribution in [0.2, 0.25) is 0 Å². The van der Waals surface area contributed by atoms with Gasteiger partial charge in [-0.1, -0.05) is 35.4 Å². The third-order valence-electron chi connectivity index (χ3n) is 3.88. The summed E-state index contributed by atoms with van der Waals surface area (Å²) < 4.78 is 0. The van der Waals surface area contributed by atoms with E-state index in [1.165, 1.54) is 11.3 Å². The van der Waals surface area contributed by atoms with Crippen molar-refractivity contribution in [2.24, 2.45) is 0 Å². The molecule has 4 N–H and O–H groups in total. The minimum absolute atomic E-state index is 0.191. The highest BCUT2D eigenvalue weighted by atomic mass is 32.1. The zero-order valence-electron chi connectivity index (χ0n) is 14.5. The number of hydrogen-bond donors (Lipinski definition) is 3. The van der Waals surface area contributed by atoms with Crippen LogP contribution in [0.4, 0.5) is 22.1 Å². The number of nitrogens with one attached hydrogen (secondary N) is 2. The van der Waals surface area contributed by atoms with Gasteiger partial charge in [-0.05, 0) is 38.1 Å². The fourth-order valence-corrected chi connectivity index (χ4v) is 3.39. The first-order chi connectivity index (χ1) is 12.5. The number of anilines is 4. The molecule has 0 saturated heterocycles. The first-order valence-electron chi connectivity index (χ1n) is 8.02. The number of nitrogens with zero attached hydrogens (tertiary/aromatic N) is 1. The molecule has 0 aliphatic rings. The van der Waals surface area contributed by atoms with Crippen molar-refractivity contribution in [1.82, 2.24) is 0 Å². The van der Waals surface area contributed by atoms with Gasteiger partial charge in [0, 0.05) is 11.4 Å². The standard InChI is InChI=1S/C20H18N4OS/c1-12-3-7-14(8-4-12)23-19(25)18-17(22)16(11-21)20(26-18)24-15-9-5-13(2)6-10-15/h3-10,24H,22H2,1-2H3,(H,23,25). The quantitative estimate of drug-likeness (QED) is 0.621. The lowest BCUT2D eigenvalue weighted by molar-refractivity contribution is 0.103. The zero-order chi connectivity index (χ0) is 18.7. The third kappa shape index (κ3) is 3.68. The van der Waals surface area contributed by atoms with Crippen molar-refractivity contribution in [2.75, 3.05) is 16.4 Å². The molecule has 0 radical (unpaired) electrons. The van der Waals surface area contributed by atoms with Crippen molar-refractivity contribution in [2.45, 2.75) is 13.8 Å². The smallest absolute Gasteiger partial charge is 0.267 e. The van der Waals surface area contributed by atoms with Crippen LogP contribution in [0, 0.1) is 25.2 Å². The molecule has 1 heterocycles. The van der Waals surface area contributed by atoms with Gasteiger partial charge >= 0.3 is 0 Å². The van der Waals surface area contributed by atoms with Crippen LogP contribution in [-0.2, 0) is 0 Å². The van der Waals surface area contributed by atoms with E-state index in [9.17, 15) is 10.1 Å². The predicted octanol–water partition coefficient (Wildman–Crippen LogP) is 4.81. The van der Waals surface area contributed by atoms with Gasteiger partial charge in [0.2, 0.25) is 0 Å². The minimum Gasteiger partial charge on any atom is -0.396 e. The molecule has 130 valence electrons. The van der Waals surface area contributed by atoms with E-state index in [1.54, 1.807) is 0 Å². The van der Waals surface area contributed by atoms with Crippen molar-refractivity contribution in [3.8, 4) is 6.07 Å². The maximum absolute atomic E-state index is 12.6. The molecule has 0 bridgehead atoms. The van der Waals surface area contributed by atoms with Crippen LogP contribution < -0.4 is 16.4 Å². The molecule has 3 rings (SSSR count). The van der Waals surface area contributed by atoms with Gasteiger partial charge < -0.3 is 16.4 Å². The Labute approximate surface area is 156 Å². The average molecular weight is 362 g/mol. The number of nitrogens with two attached hydrogens (primary N) is 1. The number of carbonyl (C=O) groups is 1. The van der Waals surface area contributed by atoms with Crippen LogP contribution in [0.15, 0.2) is 48.5 Å². The molecule has 0 atom stereocenters. The number of nitrogen functional groups attached to an aromatic ring is 1. The lowest BCUT2D eigenvalue weighted by Crippen LogP contribution is -2.12. The largest absolute Gasteiger partial charge is 0.396 e. The zero-order valence-corrected chi connectivity index (χ0v) is 15.3. The van der Waals surface area contributed by atoms with E-state index in [0.717, 1.165) is 16.8 Å². The maximum atomic E-state index is 12.6. The molecule has 26 heavy (non-hydrogen) atoms. The van der Waals surface area contributed by atoms with Crippen molar-refractivity contribution in [3.63, 3.8) is 0 Å². The molecular formula is C20H18N4OS. The maximum Gasteiger partial charge on any atom is 0.267 e. The van der Waals surface area contributed by atoms with Crippen molar-refractivity contribution >= 4 is 39.3 Å². The molecule has 1 aromatic heterocycles. The Balaban J connectivity index is 1.87. The van der Waals surface area contributed by atoms with Gasteiger partial charge in [-0.3, -0.25) is 4.79 Å². The van der Waals surface area contributed by atoms with Crippen LogP contribution in [0.5, 0.6) is 0 Å². The van der Waals surface area contributed by atoms with E-state index in [-0.39, 0.29) is 17.2 Å². The number of nitriles is 1. The Hall–Kier alpha value is -3.30. The topological polar surface area (TPSA) is 90.9 Å². The number of rotatable bonds is 4. The summed E-state index contributed by atoms with van der Waals surface area (Å²) in [5.74, 6) is -0.329. The van der Waals surface area contributed by atoms with Gasteiger partial charge in [0.25, 0.3) is 5.91 Å². The number of amides is 1. The second kappa shape index (κ2) is 7.30. The van der Waals surface area contributed by atoms with E-state index in [0.29, 0.717) is 15.6 Å². The summed E-state index contributed by atoms with van der Waals surface area (Å²) in [6.45, 7) is 3.98. The summed E-state index contributed by atoms with van der Waals surface area (Å²) >= 11 is 1.17. The molecule has 3 aromatic rings. The van der Waals surface area contributed by atoms with Crippen LogP contribution in [0.3, 0.4) is 0 Å². The van der Waals surface area contributed by atoms with Gasteiger partial charge in [-0.25, -0.2) is 0 Å². The molecule has 6 heteroatoms. The predicted molar refractivity (Wildman–Crippen MR) is 107 cm³/mol. The SMILES string of the molecule is Cc1ccc(NC(=O)c2sc(Nc3ccc(C)cc3)c(C#N)c2N)cc1. The van der Waals surface area contributed by atoms with Gasteiger partial charge in [-0.2, -0.15) is 5.26 Å². The van der Waals surface area contributed by atoms with Crippen molar-refractivity contribution < 1.29 is 4.79 Å². The summed E-state index contributed by atoms with van der Waals surface area (Å²) in [7, 11) is 0. The monoisotopic (exact) mass is 362 g/mol. The molecule has 0 saturated carbocycles. The van der Waals surface area contributed by atoms with Crippen molar-refractivity contribution in [3.05, 3.63) is 70.1 Å². The van der Waals surface area contributed by atoms with E-state index in [4.69, 9.17) is 5.73 Å². The van der Waals surface area contributed by atoms with Crippen LogP contribution >= 0.6 is 11.3 Å². The molecule has 0 fully saturated rings. The summed E-state index contributed by atoms with van der Waals surface area (Å²) in [6.07, 6.45) is 0. The molecule has 0 spiro atoms. The number of benzene rings is 2. The Morgan fingerprint density at radius 1 is 1.00 bits per heavy atom. The van der Waals surface area contributed by atoms with E-state index in [1.807, 2.05) is 62.4 Å². The highest BCUT2D eigenvalue weighted by molar-refractivity contribution is 7.19. The molecule has 2 aromatic carbocycles. The summed E-state index contributed by atoms with van der Waals surface area (Å²) in [5.41, 5.74) is 10.3. The molecule has 0 aliphatic heterocycles. The summed E-state index contributed by atoms with van der Waals surface area (Å²) in [4.78, 5) is 12.9. The second-order valence-electron chi connectivity index (χ2n) is 5.97. The van der Waals surface area contributed by atoms with E-state index >= 15 is 0 Å². The average Bonchev–Trinajstić information content (AvgIpc) is 2.94. The molecule has 5 nitrogen and oxygen atoms in total. The third-order valence-corrected chi connectivity index (χ3v) is 5.00. The fraction of sp³-hybridized carbons (Fsp3) is 0.100. The highest BCUT2D eigenvalue weighted by Crippen LogP contribution is 2.37. The van der Waals surface area contributed by atoms with Gasteiger partial charge in [0.05, 0.1) is 5.69 Å². The Kier molecular flexibility index (Phi) is 4.92. The van der Waals surface area contributed by atoms with Crippen LogP contribution in [0.1, 0.15) is 26.4 Å². The second-order valence-corrected chi connectivity index (χ2v) is 6.99. The Morgan fingerprint density at radius 3 is 2.08 bits per heavy atom. The number of thiophene rings is 1. The van der Waals surface area contributed by atoms with Gasteiger partial charge in [-0.15, -0.1) is 11.3 Å². The Bertz CT molecular complexity index is 982. The summed E-state index contributed by atoms with van der Waals surface area (Å²) in [5, 5.41) is 16.0. The molecule has 0 aliphatic carbocycles. The number of aryl methyl sites for hydroxylation is 2. The first-order valence-corrected chi connectivity index (χ1v) is 8.83. The van der Waals surface area contributed by atoms with Gasteiger partial charge in [0.15, 0.2) is 0 Å². The first kappa shape index (κ1) is 17.5. The van der Waals surface area contributed by atoms with Crippen LogP contribution in [0.25, 0.3) is 0 Å². The van der Waals surface area contributed by atoms with E-state index in [2.05, 4.69) is 16.7 Å². The molecule has 0 unspecified atom stereocenters. The lowest BCUT2D eigenvalue weighted by Gasteiger charge is -2.05. The molecular weight excluding hydrogens is 344 g/mol. The Morgan fingerprint density at radius 2 is 1.54 bits per heavy atom. The number of hydrogen-bond acceptors (Lipinski definition) is 5. The lowest BCUT2D eigenvalue weighted by atomic mass is 10.2. The van der Waals surface area contributed by atoms with Crippen LogP contribution in [-0.4, -0.2) is 5.91 Å². The minimum atomic E-state index is -0.329.